The van der Waals surface area contributed by atoms with Crippen LogP contribution in [0.4, 0.5) is 17.6 Å². The van der Waals surface area contributed by atoms with Crippen LogP contribution in [0.3, 0.4) is 0 Å². The molecule has 1 aromatic carbocycles. The monoisotopic (exact) mass is 281 g/mol. The van der Waals surface area contributed by atoms with Gasteiger partial charge in [-0.3, -0.25) is 0 Å². The Hall–Kier alpha value is -2.96. The Morgan fingerprint density at radius 1 is 1.10 bits per heavy atom. The number of anilines is 3. The zero-order chi connectivity index (χ0) is 14.8. The van der Waals surface area contributed by atoms with Gasteiger partial charge < -0.3 is 11.1 Å². The molecule has 106 valence electrons. The minimum atomic E-state index is 0.141. The van der Waals surface area contributed by atoms with Crippen LogP contribution in [-0.4, -0.2) is 24.7 Å². The Morgan fingerprint density at radius 3 is 2.67 bits per heavy atom. The van der Waals surface area contributed by atoms with E-state index in [-0.39, 0.29) is 5.95 Å². The van der Waals surface area contributed by atoms with Crippen molar-refractivity contribution < 1.29 is 0 Å². The Kier molecular flexibility index (Phi) is 3.23. The maximum atomic E-state index is 5.73. The van der Waals surface area contributed by atoms with Gasteiger partial charge in [-0.1, -0.05) is 6.07 Å². The summed E-state index contributed by atoms with van der Waals surface area (Å²) in [6, 6.07) is 7.83. The summed E-state index contributed by atoms with van der Waals surface area (Å²) in [6.07, 6.45) is 3.39. The lowest BCUT2D eigenvalue weighted by molar-refractivity contribution is 0.801. The SMILES string of the molecule is Cc1ccc(Nc2nc(N)nc(-n3cccn3)n2)cc1C. The van der Waals surface area contributed by atoms with Crippen LogP contribution in [0.5, 0.6) is 0 Å². The highest BCUT2D eigenvalue weighted by Gasteiger charge is 2.07. The number of nitrogens with two attached hydrogens (primary N) is 1. The Balaban J connectivity index is 1.93. The molecule has 0 aliphatic heterocycles. The van der Waals surface area contributed by atoms with Gasteiger partial charge in [0.2, 0.25) is 11.9 Å². The molecule has 0 spiro atoms. The normalized spacial score (nSPS) is 10.6. The molecular weight excluding hydrogens is 266 g/mol. The Morgan fingerprint density at radius 2 is 1.95 bits per heavy atom. The maximum absolute atomic E-state index is 5.73. The second kappa shape index (κ2) is 5.20. The van der Waals surface area contributed by atoms with Crippen LogP contribution in [0, 0.1) is 13.8 Å². The summed E-state index contributed by atoms with van der Waals surface area (Å²) in [7, 11) is 0. The van der Waals surface area contributed by atoms with Gasteiger partial charge in [-0.25, -0.2) is 4.68 Å². The van der Waals surface area contributed by atoms with Gasteiger partial charge in [0.25, 0.3) is 5.95 Å². The van der Waals surface area contributed by atoms with Crippen LogP contribution in [0.2, 0.25) is 0 Å². The standard InChI is InChI=1S/C14H15N7/c1-9-4-5-11(8-10(9)2)17-13-18-12(15)19-14(20-13)21-7-3-6-16-21/h3-8H,1-2H3,(H3,15,17,18,19,20). The minimum absolute atomic E-state index is 0.141. The Labute approximate surface area is 121 Å². The van der Waals surface area contributed by atoms with Crippen LogP contribution in [0.1, 0.15) is 11.1 Å². The molecule has 21 heavy (non-hydrogen) atoms. The number of nitrogens with zero attached hydrogens (tertiary/aromatic N) is 5. The van der Waals surface area contributed by atoms with Gasteiger partial charge in [-0.05, 0) is 43.2 Å². The topological polar surface area (TPSA) is 94.5 Å². The van der Waals surface area contributed by atoms with Gasteiger partial charge in [0.15, 0.2) is 0 Å². The first kappa shape index (κ1) is 13.0. The van der Waals surface area contributed by atoms with Crippen molar-refractivity contribution in [1.82, 2.24) is 24.7 Å². The van der Waals surface area contributed by atoms with E-state index in [0.29, 0.717) is 11.9 Å². The molecule has 0 unspecified atom stereocenters. The quantitative estimate of drug-likeness (QED) is 0.762. The number of nitrogens with one attached hydrogen (secondary N) is 1. The second-order valence-corrected chi connectivity index (χ2v) is 4.69. The molecule has 3 rings (SSSR count). The third-order valence-corrected chi connectivity index (χ3v) is 3.11. The molecule has 7 nitrogen and oxygen atoms in total. The van der Waals surface area contributed by atoms with Gasteiger partial charge in [-0.2, -0.15) is 20.1 Å². The van der Waals surface area contributed by atoms with E-state index >= 15 is 0 Å². The molecule has 0 saturated heterocycles. The van der Waals surface area contributed by atoms with Gasteiger partial charge in [0.05, 0.1) is 0 Å². The number of hydrogen-bond donors (Lipinski definition) is 2. The van der Waals surface area contributed by atoms with Gasteiger partial charge >= 0.3 is 0 Å². The third-order valence-electron chi connectivity index (χ3n) is 3.11. The third kappa shape index (κ3) is 2.81. The summed E-state index contributed by atoms with van der Waals surface area (Å²) >= 11 is 0. The highest BCUT2D eigenvalue weighted by molar-refractivity contribution is 5.56. The largest absolute Gasteiger partial charge is 0.368 e. The van der Waals surface area contributed by atoms with Crippen molar-refractivity contribution in [2.24, 2.45) is 0 Å². The van der Waals surface area contributed by atoms with E-state index in [2.05, 4.69) is 39.2 Å². The van der Waals surface area contributed by atoms with E-state index in [4.69, 9.17) is 5.73 Å². The van der Waals surface area contributed by atoms with E-state index in [1.165, 1.54) is 15.8 Å². The summed E-state index contributed by atoms with van der Waals surface area (Å²) in [5.74, 6) is 0.900. The van der Waals surface area contributed by atoms with Crippen LogP contribution in [0.15, 0.2) is 36.7 Å². The van der Waals surface area contributed by atoms with E-state index in [9.17, 15) is 0 Å². The Bertz CT molecular complexity index is 765. The first-order chi connectivity index (χ1) is 10.1. The van der Waals surface area contributed by atoms with Gasteiger partial charge in [-0.15, -0.1) is 0 Å². The lowest BCUT2D eigenvalue weighted by atomic mass is 10.1. The number of rotatable bonds is 3. The average molecular weight is 281 g/mol. The van der Waals surface area contributed by atoms with Crippen molar-refractivity contribution in [1.29, 1.82) is 0 Å². The molecule has 3 aromatic rings. The van der Waals surface area contributed by atoms with Gasteiger partial charge in [0, 0.05) is 18.1 Å². The molecule has 0 aliphatic rings. The fourth-order valence-corrected chi connectivity index (χ4v) is 1.87. The van der Waals surface area contributed by atoms with Crippen molar-refractivity contribution in [3.8, 4) is 5.95 Å². The fraction of sp³-hybridized carbons (Fsp3) is 0.143. The van der Waals surface area contributed by atoms with Crippen molar-refractivity contribution in [2.45, 2.75) is 13.8 Å². The zero-order valence-electron chi connectivity index (χ0n) is 11.8. The summed E-state index contributed by atoms with van der Waals surface area (Å²) < 4.78 is 1.53. The van der Waals surface area contributed by atoms with Crippen molar-refractivity contribution >= 4 is 17.6 Å². The lowest BCUT2D eigenvalue weighted by Crippen LogP contribution is -2.09. The molecule has 0 atom stereocenters. The fourth-order valence-electron chi connectivity index (χ4n) is 1.87. The summed E-state index contributed by atoms with van der Waals surface area (Å²) in [6.45, 7) is 4.12. The average Bonchev–Trinajstić information content (AvgIpc) is 2.96. The van der Waals surface area contributed by atoms with Crippen molar-refractivity contribution in [2.75, 3.05) is 11.1 Å². The molecule has 0 amide bonds. The molecule has 2 aromatic heterocycles. The molecule has 7 heteroatoms. The molecule has 0 radical (unpaired) electrons. The molecule has 0 fully saturated rings. The van der Waals surface area contributed by atoms with Crippen molar-refractivity contribution in [3.05, 3.63) is 47.8 Å². The molecule has 0 aliphatic carbocycles. The van der Waals surface area contributed by atoms with E-state index in [1.54, 1.807) is 18.5 Å². The van der Waals surface area contributed by atoms with E-state index in [1.807, 2.05) is 18.2 Å². The first-order valence-corrected chi connectivity index (χ1v) is 6.48. The molecular formula is C14H15N7. The second-order valence-electron chi connectivity index (χ2n) is 4.69. The van der Waals surface area contributed by atoms with Crippen LogP contribution in [-0.2, 0) is 0 Å². The number of hydrogen-bond acceptors (Lipinski definition) is 6. The minimum Gasteiger partial charge on any atom is -0.368 e. The van der Waals surface area contributed by atoms with Crippen LogP contribution >= 0.6 is 0 Å². The van der Waals surface area contributed by atoms with E-state index < -0.39 is 0 Å². The predicted octanol–water partition coefficient (Wildman–Crippen LogP) is 2.00. The maximum Gasteiger partial charge on any atom is 0.257 e. The van der Waals surface area contributed by atoms with E-state index in [0.717, 1.165) is 5.69 Å². The molecule has 2 heterocycles. The summed E-state index contributed by atoms with van der Waals surface area (Å²) in [5.41, 5.74) is 9.05. The van der Waals surface area contributed by atoms with Crippen molar-refractivity contribution in [3.63, 3.8) is 0 Å². The number of aryl methyl sites for hydroxylation is 2. The summed E-state index contributed by atoms with van der Waals surface area (Å²) in [4.78, 5) is 12.5. The lowest BCUT2D eigenvalue weighted by Gasteiger charge is -2.09. The molecule has 0 saturated carbocycles. The summed E-state index contributed by atoms with van der Waals surface area (Å²) in [5, 5.41) is 7.21. The zero-order valence-corrected chi connectivity index (χ0v) is 11.8. The number of benzene rings is 1. The number of aromatic nitrogens is 5. The van der Waals surface area contributed by atoms with Crippen LogP contribution in [0.25, 0.3) is 5.95 Å². The molecule has 3 N–H and O–H groups in total. The highest BCUT2D eigenvalue weighted by Crippen LogP contribution is 2.18. The van der Waals surface area contributed by atoms with Gasteiger partial charge in [0.1, 0.15) is 0 Å². The predicted molar refractivity (Wildman–Crippen MR) is 80.6 cm³/mol. The first-order valence-electron chi connectivity index (χ1n) is 6.48. The smallest absolute Gasteiger partial charge is 0.257 e. The van der Waals surface area contributed by atoms with Crippen LogP contribution < -0.4 is 11.1 Å². The molecule has 0 bridgehead atoms. The number of nitrogen functional groups attached to an aromatic ring is 1. The highest BCUT2D eigenvalue weighted by atomic mass is 15.4.